The van der Waals surface area contributed by atoms with Gasteiger partial charge in [-0.1, -0.05) is 0 Å². The highest BCUT2D eigenvalue weighted by Crippen LogP contribution is 2.05. The molecule has 1 amide bonds. The third-order valence-electron chi connectivity index (χ3n) is 2.66. The highest BCUT2D eigenvalue weighted by molar-refractivity contribution is 5.96. The van der Waals surface area contributed by atoms with E-state index in [9.17, 15) is 14.4 Å². The van der Waals surface area contributed by atoms with Crippen LogP contribution in [0.15, 0.2) is 18.3 Å². The molecular weight excluding hydrogens is 264 g/mol. The van der Waals surface area contributed by atoms with Gasteiger partial charge in [0.15, 0.2) is 0 Å². The Bertz CT molecular complexity index is 498. The summed E-state index contributed by atoms with van der Waals surface area (Å²) in [6.45, 7) is 1.77. The largest absolute Gasteiger partial charge is 0.481 e. The number of aromatic nitrogens is 1. The first-order valence-corrected chi connectivity index (χ1v) is 6.08. The number of carboxylic acids is 2. The summed E-state index contributed by atoms with van der Waals surface area (Å²) < 4.78 is 0. The minimum atomic E-state index is -1.19. The molecule has 0 bridgehead atoms. The Morgan fingerprint density at radius 3 is 2.50 bits per heavy atom. The van der Waals surface area contributed by atoms with Gasteiger partial charge in [-0.25, -0.2) is 4.79 Å². The molecule has 0 saturated carbocycles. The Hall–Kier alpha value is -2.44. The number of carbonyl (C=O) groups is 3. The Kier molecular flexibility index (Phi) is 5.64. The van der Waals surface area contributed by atoms with Crippen LogP contribution in [0.2, 0.25) is 0 Å². The zero-order chi connectivity index (χ0) is 15.1. The number of rotatable bonds is 7. The van der Waals surface area contributed by atoms with Crippen LogP contribution >= 0.6 is 0 Å². The van der Waals surface area contributed by atoms with Gasteiger partial charge in [0.2, 0.25) is 0 Å². The van der Waals surface area contributed by atoms with E-state index in [2.05, 4.69) is 10.3 Å². The van der Waals surface area contributed by atoms with E-state index in [0.717, 1.165) is 5.69 Å². The molecule has 7 nitrogen and oxygen atoms in total. The molecule has 0 spiro atoms. The normalized spacial score (nSPS) is 11.7. The van der Waals surface area contributed by atoms with Gasteiger partial charge in [0, 0.05) is 18.3 Å². The predicted molar refractivity (Wildman–Crippen MR) is 69.4 cm³/mol. The van der Waals surface area contributed by atoms with Crippen LogP contribution in [0.25, 0.3) is 0 Å². The summed E-state index contributed by atoms with van der Waals surface area (Å²) >= 11 is 0. The summed E-state index contributed by atoms with van der Waals surface area (Å²) in [7, 11) is 0. The molecule has 7 heteroatoms. The van der Waals surface area contributed by atoms with Gasteiger partial charge in [-0.05, 0) is 31.9 Å². The lowest BCUT2D eigenvalue weighted by atomic mass is 10.1. The van der Waals surface area contributed by atoms with Crippen molar-refractivity contribution in [1.29, 1.82) is 0 Å². The topological polar surface area (TPSA) is 117 Å². The molecule has 3 N–H and O–H groups in total. The van der Waals surface area contributed by atoms with E-state index >= 15 is 0 Å². The Labute approximate surface area is 115 Å². The molecule has 1 heterocycles. The second-order valence-corrected chi connectivity index (χ2v) is 4.34. The van der Waals surface area contributed by atoms with Crippen molar-refractivity contribution in [2.45, 2.75) is 32.2 Å². The van der Waals surface area contributed by atoms with Crippen molar-refractivity contribution in [1.82, 2.24) is 10.3 Å². The molecule has 0 saturated heterocycles. The van der Waals surface area contributed by atoms with Crippen molar-refractivity contribution in [3.05, 3.63) is 29.6 Å². The molecule has 0 aromatic carbocycles. The molecule has 1 atom stereocenters. The summed E-state index contributed by atoms with van der Waals surface area (Å²) in [5, 5.41) is 19.9. The lowest BCUT2D eigenvalue weighted by Gasteiger charge is -2.13. The van der Waals surface area contributed by atoms with E-state index in [1.54, 1.807) is 19.1 Å². The first-order chi connectivity index (χ1) is 9.40. The molecule has 0 radical (unpaired) electrons. The van der Waals surface area contributed by atoms with Crippen LogP contribution in [0.4, 0.5) is 0 Å². The number of aliphatic carboxylic acids is 2. The maximum absolute atomic E-state index is 11.8. The van der Waals surface area contributed by atoms with E-state index in [0.29, 0.717) is 0 Å². The molecule has 0 aliphatic heterocycles. The lowest BCUT2D eigenvalue weighted by molar-refractivity contribution is -0.140. The fraction of sp³-hybridized carbons (Fsp3) is 0.385. The van der Waals surface area contributed by atoms with Crippen LogP contribution in [-0.2, 0) is 9.59 Å². The fourth-order valence-corrected chi connectivity index (χ4v) is 1.56. The van der Waals surface area contributed by atoms with Crippen LogP contribution in [-0.4, -0.2) is 39.1 Å². The summed E-state index contributed by atoms with van der Waals surface area (Å²) in [5.41, 5.74) is 1.01. The van der Waals surface area contributed by atoms with E-state index in [1.165, 1.54) is 6.20 Å². The van der Waals surface area contributed by atoms with Crippen LogP contribution in [0.3, 0.4) is 0 Å². The van der Waals surface area contributed by atoms with Gasteiger partial charge >= 0.3 is 11.9 Å². The zero-order valence-corrected chi connectivity index (χ0v) is 11.0. The highest BCUT2D eigenvalue weighted by atomic mass is 16.4. The summed E-state index contributed by atoms with van der Waals surface area (Å²) in [6.07, 6.45) is 1.47. The second-order valence-electron chi connectivity index (χ2n) is 4.34. The molecule has 1 aromatic heterocycles. The molecule has 0 aliphatic carbocycles. The molecule has 0 unspecified atom stereocenters. The number of hydrogen-bond acceptors (Lipinski definition) is 4. The highest BCUT2D eigenvalue weighted by Gasteiger charge is 2.20. The fourth-order valence-electron chi connectivity index (χ4n) is 1.56. The van der Waals surface area contributed by atoms with E-state index < -0.39 is 23.9 Å². The quantitative estimate of drug-likeness (QED) is 0.681. The molecule has 0 aliphatic rings. The maximum atomic E-state index is 11.8. The average Bonchev–Trinajstić information content (AvgIpc) is 2.37. The Balaban J connectivity index is 2.60. The number of hydrogen-bond donors (Lipinski definition) is 3. The zero-order valence-electron chi connectivity index (χ0n) is 11.0. The number of carboxylic acid groups (broad SMARTS) is 2. The van der Waals surface area contributed by atoms with Crippen molar-refractivity contribution < 1.29 is 24.6 Å². The Morgan fingerprint density at radius 1 is 1.30 bits per heavy atom. The van der Waals surface area contributed by atoms with Crippen LogP contribution < -0.4 is 5.32 Å². The third-order valence-corrected chi connectivity index (χ3v) is 2.66. The van der Waals surface area contributed by atoms with Crippen molar-refractivity contribution in [2.24, 2.45) is 0 Å². The number of carbonyl (C=O) groups excluding carboxylic acids is 1. The van der Waals surface area contributed by atoms with Crippen molar-refractivity contribution in [3.63, 3.8) is 0 Å². The molecular formula is C13H16N2O5. The molecule has 108 valence electrons. The van der Waals surface area contributed by atoms with Gasteiger partial charge in [0.25, 0.3) is 5.91 Å². The van der Waals surface area contributed by atoms with Gasteiger partial charge < -0.3 is 15.5 Å². The maximum Gasteiger partial charge on any atom is 0.326 e. The van der Waals surface area contributed by atoms with Crippen molar-refractivity contribution >= 4 is 17.8 Å². The number of amides is 1. The second kappa shape index (κ2) is 7.22. The predicted octanol–water partition coefficient (Wildman–Crippen LogP) is 0.828. The number of pyridine rings is 1. The third kappa shape index (κ3) is 5.05. The first kappa shape index (κ1) is 15.6. The van der Waals surface area contributed by atoms with E-state index in [-0.39, 0.29) is 24.8 Å². The minimum absolute atomic E-state index is 0.0622. The standard InChI is InChI=1S/C13H16N2O5/c1-8-5-6-9(7-14-8)12(18)15-10(13(19)20)3-2-4-11(16)17/h5-7,10H,2-4H2,1H3,(H,15,18)(H,16,17)(H,19,20)/t10-/m1/s1. The van der Waals surface area contributed by atoms with Crippen molar-refractivity contribution in [2.75, 3.05) is 0 Å². The van der Waals surface area contributed by atoms with E-state index in [1.807, 2.05) is 0 Å². The number of nitrogens with one attached hydrogen (secondary N) is 1. The van der Waals surface area contributed by atoms with Gasteiger partial charge in [-0.15, -0.1) is 0 Å². The monoisotopic (exact) mass is 280 g/mol. The van der Waals surface area contributed by atoms with E-state index in [4.69, 9.17) is 10.2 Å². The SMILES string of the molecule is Cc1ccc(C(=O)N[C@H](CCCC(=O)O)C(=O)O)cn1. The molecule has 0 fully saturated rings. The lowest BCUT2D eigenvalue weighted by Crippen LogP contribution is -2.40. The number of nitrogens with zero attached hydrogens (tertiary/aromatic N) is 1. The van der Waals surface area contributed by atoms with Crippen LogP contribution in [0.1, 0.15) is 35.3 Å². The average molecular weight is 280 g/mol. The number of aryl methyl sites for hydroxylation is 1. The van der Waals surface area contributed by atoms with Gasteiger partial charge in [-0.3, -0.25) is 14.6 Å². The van der Waals surface area contributed by atoms with Crippen LogP contribution in [0, 0.1) is 6.92 Å². The Morgan fingerprint density at radius 2 is 2.00 bits per heavy atom. The smallest absolute Gasteiger partial charge is 0.326 e. The summed E-state index contributed by atoms with van der Waals surface area (Å²) in [5.74, 6) is -2.73. The molecule has 1 aromatic rings. The molecule has 20 heavy (non-hydrogen) atoms. The minimum Gasteiger partial charge on any atom is -0.481 e. The summed E-state index contributed by atoms with van der Waals surface area (Å²) in [6, 6.07) is 2.09. The first-order valence-electron chi connectivity index (χ1n) is 6.08. The molecule has 1 rings (SSSR count). The van der Waals surface area contributed by atoms with Crippen LogP contribution in [0.5, 0.6) is 0 Å². The van der Waals surface area contributed by atoms with Gasteiger partial charge in [-0.2, -0.15) is 0 Å². The van der Waals surface area contributed by atoms with Gasteiger partial charge in [0.1, 0.15) is 6.04 Å². The summed E-state index contributed by atoms with van der Waals surface area (Å²) in [4.78, 5) is 37.2. The van der Waals surface area contributed by atoms with Gasteiger partial charge in [0.05, 0.1) is 5.56 Å². The van der Waals surface area contributed by atoms with Crippen molar-refractivity contribution in [3.8, 4) is 0 Å².